The number of hydrogen-bond donors (Lipinski definition) is 3. The first-order valence-corrected chi connectivity index (χ1v) is 10.4. The molecule has 1 amide bonds. The van der Waals surface area contributed by atoms with Crippen LogP contribution in [0.15, 0.2) is 54.9 Å². The lowest BCUT2D eigenvalue weighted by Gasteiger charge is -2.09. The number of aliphatic hydroxyl groups excluding tert-OH is 1. The summed E-state index contributed by atoms with van der Waals surface area (Å²) in [6.07, 6.45) is 4.19. The maximum Gasteiger partial charge on any atom is 0.257 e. The molecular weight excluding hydrogens is 404 g/mol. The molecule has 0 aliphatic rings. The largest absolute Gasteiger partial charge is 0.390 e. The Hall–Kier alpha value is -2.88. The van der Waals surface area contributed by atoms with Crippen LogP contribution in [0.3, 0.4) is 0 Å². The van der Waals surface area contributed by atoms with Crippen LogP contribution < -0.4 is 10.0 Å². The van der Waals surface area contributed by atoms with Gasteiger partial charge < -0.3 is 15.0 Å². The Bertz CT molecular complexity index is 1110. The summed E-state index contributed by atoms with van der Waals surface area (Å²) in [5.41, 5.74) is 1.34. The van der Waals surface area contributed by atoms with Crippen molar-refractivity contribution < 1.29 is 18.3 Å². The Morgan fingerprint density at radius 3 is 2.61 bits per heavy atom. The minimum Gasteiger partial charge on any atom is -0.390 e. The van der Waals surface area contributed by atoms with Gasteiger partial charge in [0.15, 0.2) is 0 Å². The Kier molecular flexibility index (Phi) is 5.68. The summed E-state index contributed by atoms with van der Waals surface area (Å²) >= 11 is 6.01. The third kappa shape index (κ3) is 4.89. The zero-order valence-corrected chi connectivity index (χ0v) is 16.3. The first-order chi connectivity index (χ1) is 13.2. The summed E-state index contributed by atoms with van der Waals surface area (Å²) in [7, 11) is -3.49. The number of carbonyl (C=O) groups is 1. The molecule has 2 heterocycles. The predicted octanol–water partition coefficient (Wildman–Crippen LogP) is 2.64. The van der Waals surface area contributed by atoms with Gasteiger partial charge in [-0.25, -0.2) is 13.4 Å². The van der Waals surface area contributed by atoms with Crippen molar-refractivity contribution in [2.24, 2.45) is 0 Å². The normalized spacial score (nSPS) is 11.2. The zero-order chi connectivity index (χ0) is 20.3. The molecule has 28 heavy (non-hydrogen) atoms. The summed E-state index contributed by atoms with van der Waals surface area (Å²) in [5.74, 6) is 0.116. The van der Waals surface area contributed by atoms with Crippen molar-refractivity contribution in [2.75, 3.05) is 16.3 Å². The number of carbonyl (C=O) groups excluding carboxylic acids is 1. The van der Waals surface area contributed by atoms with E-state index in [-0.39, 0.29) is 17.3 Å². The van der Waals surface area contributed by atoms with Crippen LogP contribution >= 0.6 is 11.6 Å². The monoisotopic (exact) mass is 420 g/mol. The number of rotatable bonds is 6. The molecule has 8 nitrogen and oxygen atoms in total. The Morgan fingerprint density at radius 2 is 1.96 bits per heavy atom. The quantitative estimate of drug-likeness (QED) is 0.567. The number of nitrogens with one attached hydrogen (secondary N) is 2. The van der Waals surface area contributed by atoms with Gasteiger partial charge in [-0.15, -0.1) is 0 Å². The summed E-state index contributed by atoms with van der Waals surface area (Å²) < 4.78 is 26.7. The van der Waals surface area contributed by atoms with Gasteiger partial charge in [-0.2, -0.15) is 0 Å². The summed E-state index contributed by atoms with van der Waals surface area (Å²) in [4.78, 5) is 16.8. The third-order valence-electron chi connectivity index (χ3n) is 3.68. The van der Waals surface area contributed by atoms with Crippen molar-refractivity contribution in [3.63, 3.8) is 0 Å². The maximum atomic E-state index is 12.6. The molecule has 0 radical (unpaired) electrons. The number of anilines is 2. The van der Waals surface area contributed by atoms with Crippen LogP contribution in [0.5, 0.6) is 0 Å². The van der Waals surface area contributed by atoms with E-state index in [1.807, 2.05) is 0 Å². The standard InChI is InChI=1S/C18H17ClN4O4S/c1-28(26,27)22-15-8-13(19)7-14(9-15)21-18(25)12-6-16(11-24)23(10-12)17-4-2-3-5-20-17/h2-10,22,24H,11H2,1H3,(H,21,25). The Morgan fingerprint density at radius 1 is 1.21 bits per heavy atom. The van der Waals surface area contributed by atoms with Crippen LogP contribution in [0.25, 0.3) is 5.82 Å². The van der Waals surface area contributed by atoms with E-state index in [0.29, 0.717) is 22.8 Å². The summed E-state index contributed by atoms with van der Waals surface area (Å²) in [5, 5.41) is 12.5. The molecular formula is C18H17ClN4O4S. The van der Waals surface area contributed by atoms with Crippen molar-refractivity contribution in [2.45, 2.75) is 6.61 Å². The second-order valence-electron chi connectivity index (χ2n) is 5.99. The highest BCUT2D eigenvalue weighted by atomic mass is 35.5. The number of amides is 1. The summed E-state index contributed by atoms with van der Waals surface area (Å²) in [6, 6.07) is 11.2. The van der Waals surface area contributed by atoms with Crippen molar-refractivity contribution in [1.82, 2.24) is 9.55 Å². The highest BCUT2D eigenvalue weighted by Gasteiger charge is 2.15. The molecule has 0 atom stereocenters. The fourth-order valence-corrected chi connectivity index (χ4v) is 3.38. The maximum absolute atomic E-state index is 12.6. The molecule has 1 aromatic carbocycles. The van der Waals surface area contributed by atoms with Crippen LogP contribution in [0, 0.1) is 0 Å². The van der Waals surface area contributed by atoms with Crippen LogP contribution in [-0.4, -0.2) is 35.2 Å². The lowest BCUT2D eigenvalue weighted by Crippen LogP contribution is -2.13. The minimum absolute atomic E-state index is 0.229. The van der Waals surface area contributed by atoms with Crippen LogP contribution in [0.1, 0.15) is 16.1 Å². The summed E-state index contributed by atoms with van der Waals surface area (Å²) in [6.45, 7) is -0.274. The molecule has 0 unspecified atom stereocenters. The number of nitrogens with zero attached hydrogens (tertiary/aromatic N) is 2. The van der Waals surface area contributed by atoms with Gasteiger partial charge in [-0.05, 0) is 36.4 Å². The molecule has 3 N–H and O–H groups in total. The van der Waals surface area contributed by atoms with Gasteiger partial charge in [0.2, 0.25) is 10.0 Å². The van der Waals surface area contributed by atoms with E-state index in [2.05, 4.69) is 15.0 Å². The first-order valence-electron chi connectivity index (χ1n) is 8.08. The lowest BCUT2D eigenvalue weighted by atomic mass is 10.2. The van der Waals surface area contributed by atoms with E-state index in [1.54, 1.807) is 41.2 Å². The van der Waals surface area contributed by atoms with Gasteiger partial charge in [-0.1, -0.05) is 17.7 Å². The number of aromatic nitrogens is 2. The van der Waals surface area contributed by atoms with Gasteiger partial charge in [0.1, 0.15) is 5.82 Å². The molecule has 3 aromatic rings. The number of benzene rings is 1. The second kappa shape index (κ2) is 8.01. The predicted molar refractivity (Wildman–Crippen MR) is 107 cm³/mol. The molecule has 0 spiro atoms. The molecule has 0 saturated carbocycles. The van der Waals surface area contributed by atoms with E-state index in [0.717, 1.165) is 6.26 Å². The Balaban J connectivity index is 1.87. The smallest absolute Gasteiger partial charge is 0.257 e. The SMILES string of the molecule is CS(=O)(=O)Nc1cc(Cl)cc(NC(=O)c2cc(CO)n(-c3ccccn3)c2)c1. The fourth-order valence-electron chi connectivity index (χ4n) is 2.60. The van der Waals surface area contributed by atoms with Crippen molar-refractivity contribution in [3.05, 3.63) is 71.1 Å². The van der Waals surface area contributed by atoms with E-state index >= 15 is 0 Å². The van der Waals surface area contributed by atoms with E-state index in [9.17, 15) is 18.3 Å². The molecule has 0 bridgehead atoms. The fraction of sp³-hybridized carbons (Fsp3) is 0.111. The topological polar surface area (TPSA) is 113 Å². The molecule has 146 valence electrons. The minimum atomic E-state index is -3.49. The second-order valence-corrected chi connectivity index (χ2v) is 8.18. The molecule has 0 aliphatic carbocycles. The molecule has 10 heteroatoms. The van der Waals surface area contributed by atoms with E-state index in [1.165, 1.54) is 18.2 Å². The lowest BCUT2D eigenvalue weighted by molar-refractivity contribution is 0.102. The van der Waals surface area contributed by atoms with Gasteiger partial charge in [0, 0.05) is 23.1 Å². The molecule has 2 aromatic heterocycles. The third-order valence-corrected chi connectivity index (χ3v) is 4.50. The molecule has 0 aliphatic heterocycles. The highest BCUT2D eigenvalue weighted by Crippen LogP contribution is 2.24. The van der Waals surface area contributed by atoms with Crippen molar-refractivity contribution in [1.29, 1.82) is 0 Å². The average molecular weight is 421 g/mol. The van der Waals surface area contributed by atoms with Gasteiger partial charge >= 0.3 is 0 Å². The van der Waals surface area contributed by atoms with Crippen LogP contribution in [-0.2, 0) is 16.6 Å². The number of pyridine rings is 1. The Labute approximate surface area is 166 Å². The van der Waals surface area contributed by atoms with Crippen LogP contribution in [0.2, 0.25) is 5.02 Å². The van der Waals surface area contributed by atoms with E-state index < -0.39 is 15.9 Å². The van der Waals surface area contributed by atoms with E-state index in [4.69, 9.17) is 11.6 Å². The number of sulfonamides is 1. The van der Waals surface area contributed by atoms with Gasteiger partial charge in [0.25, 0.3) is 5.91 Å². The highest BCUT2D eigenvalue weighted by molar-refractivity contribution is 7.92. The molecule has 0 saturated heterocycles. The van der Waals surface area contributed by atoms with Gasteiger partial charge in [0.05, 0.1) is 29.8 Å². The number of halogens is 1. The molecule has 0 fully saturated rings. The first kappa shape index (κ1) is 19.9. The molecule has 3 rings (SSSR count). The number of hydrogen-bond acceptors (Lipinski definition) is 5. The average Bonchev–Trinajstić information content (AvgIpc) is 3.05. The van der Waals surface area contributed by atoms with Gasteiger partial charge in [-0.3, -0.25) is 9.52 Å². The van der Waals surface area contributed by atoms with Crippen molar-refractivity contribution >= 4 is 38.9 Å². The van der Waals surface area contributed by atoms with Crippen molar-refractivity contribution in [3.8, 4) is 5.82 Å². The zero-order valence-electron chi connectivity index (χ0n) is 14.8. The number of aliphatic hydroxyl groups is 1. The van der Waals surface area contributed by atoms with Crippen LogP contribution in [0.4, 0.5) is 11.4 Å².